The first kappa shape index (κ1) is 11.4. The molecular weight excluding hydrogens is 240 g/mol. The summed E-state index contributed by atoms with van der Waals surface area (Å²) in [6.45, 7) is 0. The van der Waals surface area contributed by atoms with E-state index in [4.69, 9.17) is 0 Å². The largest absolute Gasteiger partial charge is 0.311 e. The van der Waals surface area contributed by atoms with Gasteiger partial charge in [-0.25, -0.2) is 4.98 Å². The summed E-state index contributed by atoms with van der Waals surface area (Å²) in [6, 6.07) is 0.506. The van der Waals surface area contributed by atoms with Gasteiger partial charge in [-0.05, 0) is 68.7 Å². The Hall–Kier alpha value is -0.410. The maximum atomic E-state index is 4.58. The molecule has 4 fully saturated rings. The third-order valence-electron chi connectivity index (χ3n) is 5.77. The molecule has 4 aliphatic carbocycles. The highest BCUT2D eigenvalue weighted by Gasteiger charge is 2.50. The van der Waals surface area contributed by atoms with Crippen LogP contribution in [0.2, 0.25) is 0 Å². The fraction of sp³-hybridized carbons (Fsp3) is 0.800. The summed E-state index contributed by atoms with van der Waals surface area (Å²) >= 11 is 1.73. The van der Waals surface area contributed by atoms with Crippen LogP contribution in [0.3, 0.4) is 0 Å². The lowest BCUT2D eigenvalue weighted by atomic mass is 9.50. The molecule has 0 saturated heterocycles. The molecule has 2 nitrogen and oxygen atoms in total. The smallest absolute Gasteiger partial charge is 0.0795 e. The van der Waals surface area contributed by atoms with Crippen LogP contribution in [0.25, 0.3) is 0 Å². The van der Waals surface area contributed by atoms with Crippen molar-refractivity contribution < 1.29 is 0 Å². The van der Waals surface area contributed by atoms with Crippen LogP contribution in [0, 0.1) is 29.6 Å². The standard InChI is InChI=1S/C15H22N2S/c1-16-15(13-7-18-8-17-13)14-11-3-9-2-10(5-11)6-12(14)4-9/h7-12,14-16H,2-6H2,1H3. The average molecular weight is 262 g/mol. The fourth-order valence-corrected chi connectivity index (χ4v) is 6.01. The average Bonchev–Trinajstić information content (AvgIpc) is 2.86. The Morgan fingerprint density at radius 1 is 1.17 bits per heavy atom. The predicted molar refractivity (Wildman–Crippen MR) is 74.4 cm³/mol. The first-order valence-corrected chi connectivity index (χ1v) is 8.34. The van der Waals surface area contributed by atoms with E-state index in [0.29, 0.717) is 6.04 Å². The second-order valence-electron chi connectivity index (χ2n) is 6.69. The van der Waals surface area contributed by atoms with E-state index in [2.05, 4.69) is 22.7 Å². The summed E-state index contributed by atoms with van der Waals surface area (Å²) in [7, 11) is 2.12. The highest BCUT2D eigenvalue weighted by molar-refractivity contribution is 7.07. The van der Waals surface area contributed by atoms with Crippen LogP contribution in [-0.4, -0.2) is 12.0 Å². The molecule has 3 heteroatoms. The van der Waals surface area contributed by atoms with Crippen molar-refractivity contribution in [2.45, 2.75) is 38.1 Å². The molecule has 0 amide bonds. The molecule has 5 rings (SSSR count). The number of rotatable bonds is 3. The van der Waals surface area contributed by atoms with Crippen LogP contribution in [0.5, 0.6) is 0 Å². The van der Waals surface area contributed by atoms with Gasteiger partial charge in [-0.15, -0.1) is 11.3 Å². The maximum Gasteiger partial charge on any atom is 0.0795 e. The first-order valence-electron chi connectivity index (χ1n) is 7.40. The van der Waals surface area contributed by atoms with Crippen LogP contribution in [0.4, 0.5) is 0 Å². The quantitative estimate of drug-likeness (QED) is 0.902. The van der Waals surface area contributed by atoms with Crippen molar-refractivity contribution in [3.63, 3.8) is 0 Å². The Kier molecular flexibility index (Phi) is 2.73. The molecule has 0 aromatic carbocycles. The summed E-state index contributed by atoms with van der Waals surface area (Å²) in [5.41, 5.74) is 3.27. The third kappa shape index (κ3) is 1.67. The molecule has 1 aromatic heterocycles. The van der Waals surface area contributed by atoms with E-state index in [1.54, 1.807) is 17.8 Å². The molecule has 1 atom stereocenters. The summed E-state index contributed by atoms with van der Waals surface area (Å²) in [6.07, 6.45) is 7.54. The lowest BCUT2D eigenvalue weighted by Gasteiger charge is -2.56. The van der Waals surface area contributed by atoms with E-state index in [1.807, 2.05) is 5.51 Å². The zero-order valence-corrected chi connectivity index (χ0v) is 11.8. The Balaban J connectivity index is 1.64. The molecule has 1 aromatic rings. The number of nitrogens with zero attached hydrogens (tertiary/aromatic N) is 1. The van der Waals surface area contributed by atoms with Gasteiger partial charge in [-0.2, -0.15) is 0 Å². The highest BCUT2D eigenvalue weighted by Crippen LogP contribution is 2.59. The third-order valence-corrected chi connectivity index (χ3v) is 6.37. The lowest BCUT2D eigenvalue weighted by molar-refractivity contribution is -0.0520. The molecule has 18 heavy (non-hydrogen) atoms. The Labute approximate surface area is 113 Å². The number of nitrogens with one attached hydrogen (secondary N) is 1. The number of hydrogen-bond donors (Lipinski definition) is 1. The van der Waals surface area contributed by atoms with E-state index < -0.39 is 0 Å². The molecular formula is C15H22N2S. The minimum Gasteiger partial charge on any atom is -0.311 e. The van der Waals surface area contributed by atoms with Gasteiger partial charge in [-0.1, -0.05) is 0 Å². The molecule has 98 valence electrons. The van der Waals surface area contributed by atoms with E-state index >= 15 is 0 Å². The molecule has 0 spiro atoms. The van der Waals surface area contributed by atoms with Crippen LogP contribution in [0.1, 0.15) is 43.8 Å². The normalized spacial score (nSPS) is 43.3. The van der Waals surface area contributed by atoms with E-state index in [-0.39, 0.29) is 0 Å². The van der Waals surface area contributed by atoms with E-state index in [9.17, 15) is 0 Å². The zero-order chi connectivity index (χ0) is 12.1. The molecule has 0 aliphatic heterocycles. The van der Waals surface area contributed by atoms with Gasteiger partial charge in [0, 0.05) is 5.38 Å². The Bertz CT molecular complexity index is 386. The molecule has 4 bridgehead atoms. The summed E-state index contributed by atoms with van der Waals surface area (Å²) in [4.78, 5) is 4.58. The zero-order valence-electron chi connectivity index (χ0n) is 11.0. The molecule has 1 heterocycles. The SMILES string of the molecule is CNC(c1cscn1)C1C2CC3CC(C2)CC1C3. The van der Waals surface area contributed by atoms with Crippen molar-refractivity contribution in [3.05, 3.63) is 16.6 Å². The number of thiazole rings is 1. The van der Waals surface area contributed by atoms with Crippen LogP contribution < -0.4 is 5.32 Å². The fourth-order valence-electron chi connectivity index (χ4n) is 5.42. The molecule has 1 unspecified atom stereocenters. The van der Waals surface area contributed by atoms with Gasteiger partial charge in [0.2, 0.25) is 0 Å². The van der Waals surface area contributed by atoms with Crippen molar-refractivity contribution in [1.82, 2.24) is 10.3 Å². The first-order chi connectivity index (χ1) is 8.85. The van der Waals surface area contributed by atoms with Gasteiger partial charge in [0.05, 0.1) is 17.2 Å². The highest BCUT2D eigenvalue weighted by atomic mass is 32.1. The van der Waals surface area contributed by atoms with Gasteiger partial charge >= 0.3 is 0 Å². The van der Waals surface area contributed by atoms with Crippen LogP contribution in [-0.2, 0) is 0 Å². The predicted octanol–water partition coefficient (Wildman–Crippen LogP) is 3.48. The van der Waals surface area contributed by atoms with Crippen LogP contribution >= 0.6 is 11.3 Å². The molecule has 1 N–H and O–H groups in total. The maximum absolute atomic E-state index is 4.58. The topological polar surface area (TPSA) is 24.9 Å². The Morgan fingerprint density at radius 3 is 2.33 bits per heavy atom. The second-order valence-corrected chi connectivity index (χ2v) is 7.41. The minimum absolute atomic E-state index is 0.506. The number of aromatic nitrogens is 1. The van der Waals surface area contributed by atoms with Gasteiger partial charge in [-0.3, -0.25) is 0 Å². The summed E-state index contributed by atoms with van der Waals surface area (Å²) in [5, 5.41) is 5.82. The summed E-state index contributed by atoms with van der Waals surface area (Å²) in [5.74, 6) is 4.93. The lowest BCUT2D eigenvalue weighted by Crippen LogP contribution is -2.49. The minimum atomic E-state index is 0.506. The van der Waals surface area contributed by atoms with Crippen molar-refractivity contribution >= 4 is 11.3 Å². The van der Waals surface area contributed by atoms with Gasteiger partial charge in [0.1, 0.15) is 0 Å². The van der Waals surface area contributed by atoms with Crippen molar-refractivity contribution in [2.24, 2.45) is 29.6 Å². The van der Waals surface area contributed by atoms with E-state index in [1.165, 1.54) is 31.4 Å². The number of hydrogen-bond acceptors (Lipinski definition) is 3. The monoisotopic (exact) mass is 262 g/mol. The van der Waals surface area contributed by atoms with Crippen molar-refractivity contribution in [2.75, 3.05) is 7.05 Å². The van der Waals surface area contributed by atoms with Gasteiger partial charge in [0.15, 0.2) is 0 Å². The van der Waals surface area contributed by atoms with Gasteiger partial charge in [0.25, 0.3) is 0 Å². The Morgan fingerprint density at radius 2 is 1.83 bits per heavy atom. The van der Waals surface area contributed by atoms with E-state index in [0.717, 1.165) is 29.6 Å². The van der Waals surface area contributed by atoms with Crippen LogP contribution in [0.15, 0.2) is 10.9 Å². The van der Waals surface area contributed by atoms with Crippen molar-refractivity contribution in [1.29, 1.82) is 0 Å². The molecule has 4 saturated carbocycles. The second kappa shape index (κ2) is 4.31. The molecule has 4 aliphatic rings. The van der Waals surface area contributed by atoms with Crippen molar-refractivity contribution in [3.8, 4) is 0 Å². The van der Waals surface area contributed by atoms with Gasteiger partial charge < -0.3 is 5.32 Å². The molecule has 0 radical (unpaired) electrons. The summed E-state index contributed by atoms with van der Waals surface area (Å²) < 4.78 is 0.